The number of rotatable bonds is 6. The molecule has 1 saturated carbocycles. The zero-order valence-corrected chi connectivity index (χ0v) is 18.1. The molecule has 1 aliphatic carbocycles. The predicted octanol–water partition coefficient (Wildman–Crippen LogP) is 6.72. The number of benzene rings is 3. The Morgan fingerprint density at radius 3 is 2.48 bits per heavy atom. The zero-order valence-electron chi connectivity index (χ0n) is 18.1. The van der Waals surface area contributed by atoms with E-state index in [1.807, 2.05) is 19.1 Å². The fraction of sp³-hybridized carbons (Fsp3) is 0.250. The lowest BCUT2D eigenvalue weighted by Gasteiger charge is -2.12. The summed E-state index contributed by atoms with van der Waals surface area (Å²) in [5, 5.41) is 1.08. The first-order valence-corrected chi connectivity index (χ1v) is 11.1. The maximum Gasteiger partial charge on any atom is 0.355 e. The highest BCUT2D eigenvalue weighted by atomic mass is 16.5. The molecule has 1 fully saturated rings. The van der Waals surface area contributed by atoms with E-state index < -0.39 is 0 Å². The van der Waals surface area contributed by atoms with E-state index in [1.54, 1.807) is 0 Å². The molecule has 0 aliphatic heterocycles. The Morgan fingerprint density at radius 1 is 1.00 bits per heavy atom. The number of carbonyl (C=O) groups excluding carboxylic acids is 1. The van der Waals surface area contributed by atoms with Gasteiger partial charge in [0.25, 0.3) is 0 Å². The number of esters is 1. The number of carbonyl (C=O) groups is 1. The van der Waals surface area contributed by atoms with Gasteiger partial charge in [-0.2, -0.15) is 0 Å². The van der Waals surface area contributed by atoms with Crippen LogP contribution in [0.5, 0.6) is 0 Å². The van der Waals surface area contributed by atoms with Crippen molar-refractivity contribution in [3.8, 4) is 11.1 Å². The number of aryl methyl sites for hydroxylation is 1. The van der Waals surface area contributed by atoms with Gasteiger partial charge in [0.15, 0.2) is 0 Å². The highest BCUT2D eigenvalue weighted by Gasteiger charge is 2.26. The molecule has 1 aromatic heterocycles. The first-order valence-electron chi connectivity index (χ1n) is 11.1. The van der Waals surface area contributed by atoms with Crippen LogP contribution in [-0.2, 0) is 11.3 Å². The fourth-order valence-electron chi connectivity index (χ4n) is 4.50. The molecule has 156 valence electrons. The third-order valence-electron chi connectivity index (χ3n) is 6.11. The van der Waals surface area contributed by atoms with Crippen molar-refractivity contribution < 1.29 is 9.53 Å². The van der Waals surface area contributed by atoms with Gasteiger partial charge in [-0.15, -0.1) is 0 Å². The smallest absolute Gasteiger partial charge is 0.355 e. The highest BCUT2D eigenvalue weighted by molar-refractivity contribution is 6.08. The van der Waals surface area contributed by atoms with E-state index in [1.165, 1.54) is 29.5 Å². The van der Waals surface area contributed by atoms with Gasteiger partial charge < -0.3 is 9.30 Å². The molecular formula is C28H27NO2. The number of para-hydroxylation sites is 1. The van der Waals surface area contributed by atoms with E-state index in [0.717, 1.165) is 22.0 Å². The van der Waals surface area contributed by atoms with Crippen molar-refractivity contribution in [1.82, 2.24) is 4.57 Å². The second-order valence-corrected chi connectivity index (χ2v) is 8.43. The number of nitrogens with zero attached hydrogens (tertiary/aromatic N) is 1. The molecule has 0 bridgehead atoms. The molecule has 3 heteroatoms. The van der Waals surface area contributed by atoms with Gasteiger partial charge in [0, 0.05) is 23.0 Å². The first kappa shape index (κ1) is 19.6. The number of fused-ring (bicyclic) bond motifs is 1. The Labute approximate surface area is 183 Å². The van der Waals surface area contributed by atoms with Crippen molar-refractivity contribution in [3.63, 3.8) is 0 Å². The molecular weight excluding hydrogens is 382 g/mol. The molecule has 1 heterocycles. The van der Waals surface area contributed by atoms with Crippen LogP contribution in [0.15, 0.2) is 72.8 Å². The lowest BCUT2D eigenvalue weighted by atomic mass is 9.99. The molecule has 1 aliphatic rings. The number of hydrogen-bond acceptors (Lipinski definition) is 2. The third-order valence-corrected chi connectivity index (χ3v) is 6.11. The summed E-state index contributed by atoms with van der Waals surface area (Å²) in [5.41, 5.74) is 7.47. The van der Waals surface area contributed by atoms with E-state index in [2.05, 4.69) is 72.2 Å². The summed E-state index contributed by atoms with van der Waals surface area (Å²) in [6.45, 7) is 4.92. The standard InChI is InChI=1S/C28H27NO2/c1-3-31-28(30)27-26(23-15-13-22(14-16-23)21-11-12-21)24-9-4-5-10-25(24)29(27)18-20-8-6-7-19(2)17-20/h4-10,13-17,21H,3,11-12,18H2,1-2H3. The normalized spacial score (nSPS) is 13.5. The summed E-state index contributed by atoms with van der Waals surface area (Å²) >= 11 is 0. The molecule has 3 aromatic carbocycles. The molecule has 3 nitrogen and oxygen atoms in total. The second kappa shape index (κ2) is 8.07. The Morgan fingerprint density at radius 2 is 1.77 bits per heavy atom. The van der Waals surface area contributed by atoms with Crippen molar-refractivity contribution in [2.45, 2.75) is 39.2 Å². The topological polar surface area (TPSA) is 31.2 Å². The molecule has 0 amide bonds. The molecule has 0 unspecified atom stereocenters. The van der Waals surface area contributed by atoms with E-state index in [0.29, 0.717) is 24.8 Å². The van der Waals surface area contributed by atoms with Gasteiger partial charge in [-0.1, -0.05) is 72.3 Å². The summed E-state index contributed by atoms with van der Waals surface area (Å²) in [5.74, 6) is 0.439. The molecule has 4 aromatic rings. The van der Waals surface area contributed by atoms with E-state index in [-0.39, 0.29) is 5.97 Å². The predicted molar refractivity (Wildman–Crippen MR) is 126 cm³/mol. The van der Waals surface area contributed by atoms with Crippen LogP contribution in [0.1, 0.15) is 52.9 Å². The van der Waals surface area contributed by atoms with Crippen LogP contribution >= 0.6 is 0 Å². The molecule has 0 N–H and O–H groups in total. The van der Waals surface area contributed by atoms with Crippen LogP contribution in [0.25, 0.3) is 22.0 Å². The zero-order chi connectivity index (χ0) is 21.4. The largest absolute Gasteiger partial charge is 0.461 e. The Hall–Kier alpha value is -3.33. The Kier molecular flexibility index (Phi) is 5.11. The van der Waals surface area contributed by atoms with Crippen LogP contribution in [-0.4, -0.2) is 17.1 Å². The molecule has 0 saturated heterocycles. The second-order valence-electron chi connectivity index (χ2n) is 8.43. The quantitative estimate of drug-likeness (QED) is 0.331. The van der Waals surface area contributed by atoms with Crippen molar-refractivity contribution in [2.24, 2.45) is 0 Å². The number of ether oxygens (including phenoxy) is 1. The van der Waals surface area contributed by atoms with Crippen LogP contribution < -0.4 is 0 Å². The van der Waals surface area contributed by atoms with Crippen molar-refractivity contribution in [2.75, 3.05) is 6.61 Å². The molecule has 0 atom stereocenters. The van der Waals surface area contributed by atoms with E-state index >= 15 is 0 Å². The first-order chi connectivity index (χ1) is 15.2. The summed E-state index contributed by atoms with van der Waals surface area (Å²) < 4.78 is 7.65. The fourth-order valence-corrected chi connectivity index (χ4v) is 4.50. The molecule has 5 rings (SSSR count). The minimum Gasteiger partial charge on any atom is -0.461 e. The highest BCUT2D eigenvalue weighted by Crippen LogP contribution is 2.42. The Balaban J connectivity index is 1.71. The van der Waals surface area contributed by atoms with Gasteiger partial charge in [0.2, 0.25) is 0 Å². The van der Waals surface area contributed by atoms with Crippen LogP contribution in [0.2, 0.25) is 0 Å². The van der Waals surface area contributed by atoms with Gasteiger partial charge in [0.05, 0.1) is 6.61 Å². The van der Waals surface area contributed by atoms with Gasteiger partial charge in [-0.05, 0) is 55.4 Å². The van der Waals surface area contributed by atoms with Gasteiger partial charge in [-0.25, -0.2) is 4.79 Å². The van der Waals surface area contributed by atoms with Crippen LogP contribution in [0, 0.1) is 6.92 Å². The summed E-state index contributed by atoms with van der Waals surface area (Å²) in [6, 6.07) is 25.5. The van der Waals surface area contributed by atoms with Crippen LogP contribution in [0.4, 0.5) is 0 Å². The van der Waals surface area contributed by atoms with Gasteiger partial charge in [0.1, 0.15) is 5.69 Å². The summed E-state index contributed by atoms with van der Waals surface area (Å²) in [7, 11) is 0. The minimum atomic E-state index is -0.271. The van der Waals surface area contributed by atoms with Crippen LogP contribution in [0.3, 0.4) is 0 Å². The van der Waals surface area contributed by atoms with E-state index in [4.69, 9.17) is 4.74 Å². The van der Waals surface area contributed by atoms with Crippen molar-refractivity contribution >= 4 is 16.9 Å². The average molecular weight is 410 g/mol. The molecule has 0 spiro atoms. The molecule has 31 heavy (non-hydrogen) atoms. The maximum absolute atomic E-state index is 13.2. The maximum atomic E-state index is 13.2. The van der Waals surface area contributed by atoms with Gasteiger partial charge >= 0.3 is 5.97 Å². The summed E-state index contributed by atoms with van der Waals surface area (Å²) in [4.78, 5) is 13.2. The third kappa shape index (κ3) is 3.76. The number of aromatic nitrogens is 1. The summed E-state index contributed by atoms with van der Waals surface area (Å²) in [6.07, 6.45) is 2.56. The van der Waals surface area contributed by atoms with Crippen molar-refractivity contribution in [1.29, 1.82) is 0 Å². The Bertz CT molecular complexity index is 1250. The molecule has 0 radical (unpaired) electrons. The number of hydrogen-bond donors (Lipinski definition) is 0. The van der Waals surface area contributed by atoms with E-state index in [9.17, 15) is 4.79 Å². The van der Waals surface area contributed by atoms with Crippen molar-refractivity contribution in [3.05, 3.63) is 95.2 Å². The minimum absolute atomic E-state index is 0.271. The monoisotopic (exact) mass is 409 g/mol. The lowest BCUT2D eigenvalue weighted by molar-refractivity contribution is 0.0516. The van der Waals surface area contributed by atoms with Gasteiger partial charge in [-0.3, -0.25) is 0 Å². The average Bonchev–Trinajstić information content (AvgIpc) is 3.58. The SMILES string of the molecule is CCOC(=O)c1c(-c2ccc(C3CC3)cc2)c2ccccc2n1Cc1cccc(C)c1. The lowest BCUT2D eigenvalue weighted by Crippen LogP contribution is -2.14.